The summed E-state index contributed by atoms with van der Waals surface area (Å²) < 4.78 is 48.2. The highest BCUT2D eigenvalue weighted by molar-refractivity contribution is 7.48. The summed E-state index contributed by atoms with van der Waals surface area (Å²) in [5.74, 6) is -2.41. The van der Waals surface area contributed by atoms with Crippen LogP contribution >= 0.6 is 19.4 Å². The number of carbonyl (C=O) groups is 3. The van der Waals surface area contributed by atoms with Gasteiger partial charge in [-0.2, -0.15) is 0 Å². The van der Waals surface area contributed by atoms with E-state index in [2.05, 4.69) is 10.1 Å². The zero-order valence-electron chi connectivity index (χ0n) is 21.1. The Balaban J connectivity index is 1.56. The molecule has 39 heavy (non-hydrogen) atoms. The molecule has 2 aromatic rings. The Morgan fingerprint density at radius 2 is 1.90 bits per heavy atom. The van der Waals surface area contributed by atoms with Gasteiger partial charge >= 0.3 is 19.8 Å². The maximum absolute atomic E-state index is 13.4. The Hall–Kier alpha value is -2.87. The predicted octanol–water partition coefficient (Wildman–Crippen LogP) is 2.87. The molecule has 2 aliphatic heterocycles. The van der Waals surface area contributed by atoms with E-state index < -0.39 is 62.9 Å². The van der Waals surface area contributed by atoms with Crippen LogP contribution in [0.4, 0.5) is 0 Å². The number of amides is 1. The lowest BCUT2D eigenvalue weighted by Crippen LogP contribution is -2.41. The average Bonchev–Trinajstić information content (AvgIpc) is 3.53. The molecule has 16 heteroatoms. The number of hydrogen-bond donors (Lipinski definition) is 1. The van der Waals surface area contributed by atoms with Crippen molar-refractivity contribution >= 4 is 37.3 Å². The van der Waals surface area contributed by atoms with Gasteiger partial charge in [0.1, 0.15) is 12.4 Å². The van der Waals surface area contributed by atoms with E-state index in [0.717, 1.165) is 11.0 Å². The van der Waals surface area contributed by atoms with E-state index in [9.17, 15) is 18.9 Å². The highest BCUT2D eigenvalue weighted by Crippen LogP contribution is 2.57. The summed E-state index contributed by atoms with van der Waals surface area (Å²) in [6.45, 7) is 2.82. The van der Waals surface area contributed by atoms with Gasteiger partial charge in [0.25, 0.3) is 5.91 Å². The van der Waals surface area contributed by atoms with Crippen molar-refractivity contribution in [2.75, 3.05) is 13.2 Å². The van der Waals surface area contributed by atoms with Crippen LogP contribution in [0.25, 0.3) is 0 Å². The quantitative estimate of drug-likeness (QED) is 0.318. The molecule has 2 fully saturated rings. The number of primary amides is 1. The normalized spacial score (nSPS) is 28.6. The molecule has 2 saturated heterocycles. The topological polar surface area (TPSA) is 180 Å². The second-order valence-electron chi connectivity index (χ2n) is 8.61. The minimum absolute atomic E-state index is 0.0182. The average molecular weight is 587 g/mol. The number of carbonyl (C=O) groups excluding carboxylic acids is 3. The number of benzene rings is 1. The van der Waals surface area contributed by atoms with Crippen molar-refractivity contribution in [1.82, 2.24) is 14.8 Å². The first-order valence-corrected chi connectivity index (χ1v) is 14.0. The summed E-state index contributed by atoms with van der Waals surface area (Å²) in [4.78, 5) is 39.9. The van der Waals surface area contributed by atoms with E-state index in [1.807, 2.05) is 0 Å². The molecule has 0 radical (unpaired) electrons. The van der Waals surface area contributed by atoms with Gasteiger partial charge in [-0.15, -0.1) is 5.10 Å². The van der Waals surface area contributed by atoms with Crippen LogP contribution in [0, 0.1) is 0 Å². The van der Waals surface area contributed by atoms with Crippen LogP contribution in [-0.4, -0.2) is 64.1 Å². The fourth-order valence-corrected chi connectivity index (χ4v) is 5.57. The molecule has 4 rings (SSSR count). The molecule has 0 bridgehead atoms. The van der Waals surface area contributed by atoms with Crippen LogP contribution < -0.4 is 5.73 Å². The second kappa shape index (κ2) is 12.5. The van der Waals surface area contributed by atoms with Crippen LogP contribution in [-0.2, 0) is 41.9 Å². The summed E-state index contributed by atoms with van der Waals surface area (Å²) in [6.07, 6.45) is -3.69. The van der Waals surface area contributed by atoms with Gasteiger partial charge in [-0.3, -0.25) is 28.0 Å². The Labute approximate surface area is 228 Å². The molecule has 212 valence electrons. The lowest BCUT2D eigenvalue weighted by molar-refractivity contribution is -0.168. The molecule has 2 aliphatic rings. The zero-order valence-corrected chi connectivity index (χ0v) is 22.8. The van der Waals surface area contributed by atoms with Crippen molar-refractivity contribution in [3.8, 4) is 0 Å². The van der Waals surface area contributed by atoms with E-state index in [4.69, 9.17) is 45.1 Å². The fourth-order valence-electron chi connectivity index (χ4n) is 3.98. The van der Waals surface area contributed by atoms with E-state index in [-0.39, 0.29) is 25.3 Å². The fraction of sp³-hybridized carbons (Fsp3) is 0.522. The number of nitrogens with two attached hydrogens (primary N) is 1. The van der Waals surface area contributed by atoms with Gasteiger partial charge in [0.2, 0.25) is 5.82 Å². The summed E-state index contributed by atoms with van der Waals surface area (Å²) in [6, 6.07) is 6.92. The number of hydrogen-bond acceptors (Lipinski definition) is 12. The molecule has 1 amide bonds. The summed E-state index contributed by atoms with van der Waals surface area (Å²) in [5.41, 5.74) is 5.95. The first kappa shape index (κ1) is 29.1. The summed E-state index contributed by atoms with van der Waals surface area (Å²) in [5, 5.41) is 4.47. The molecule has 0 spiro atoms. The van der Waals surface area contributed by atoms with Gasteiger partial charge in [0.15, 0.2) is 18.4 Å². The van der Waals surface area contributed by atoms with Crippen molar-refractivity contribution in [2.45, 2.75) is 63.8 Å². The lowest BCUT2D eigenvalue weighted by atomic mass is 10.1. The summed E-state index contributed by atoms with van der Waals surface area (Å²) >= 11 is 6.08. The molecular weight excluding hydrogens is 559 g/mol. The molecule has 3 heterocycles. The number of nitrogens with zero attached hydrogens (tertiary/aromatic N) is 3. The molecule has 1 aromatic heterocycles. The van der Waals surface area contributed by atoms with Crippen molar-refractivity contribution < 1.29 is 46.7 Å². The van der Waals surface area contributed by atoms with Gasteiger partial charge in [-0.1, -0.05) is 37.6 Å². The molecular formula is C23H28ClN4O10P. The Morgan fingerprint density at radius 1 is 1.18 bits per heavy atom. The first-order valence-electron chi connectivity index (χ1n) is 12.2. The Morgan fingerprint density at radius 3 is 2.54 bits per heavy atom. The number of phosphoric acid groups is 1. The van der Waals surface area contributed by atoms with E-state index in [0.29, 0.717) is 17.0 Å². The SMILES string of the molecule is CCC(=O)OC1C(COP2(=O)OCCC(c3cccc(Cl)c3)O2)OC(n2cnc(C(N)=O)n2)C1OC(=O)CC. The van der Waals surface area contributed by atoms with E-state index >= 15 is 0 Å². The Bertz CT molecular complexity index is 1260. The molecule has 14 nitrogen and oxygen atoms in total. The minimum atomic E-state index is -4.09. The lowest BCUT2D eigenvalue weighted by Gasteiger charge is -2.30. The van der Waals surface area contributed by atoms with Crippen LogP contribution in [0.5, 0.6) is 0 Å². The first-order chi connectivity index (χ1) is 18.6. The Kier molecular flexibility index (Phi) is 9.36. The number of ether oxygens (including phenoxy) is 3. The van der Waals surface area contributed by atoms with Gasteiger partial charge in [0.05, 0.1) is 19.3 Å². The molecule has 2 N–H and O–H groups in total. The van der Waals surface area contributed by atoms with Crippen molar-refractivity contribution in [3.63, 3.8) is 0 Å². The van der Waals surface area contributed by atoms with Gasteiger partial charge < -0.3 is 19.9 Å². The smallest absolute Gasteiger partial charge is 0.455 e. The molecule has 0 saturated carbocycles. The van der Waals surface area contributed by atoms with Crippen LogP contribution in [0.15, 0.2) is 30.6 Å². The van der Waals surface area contributed by atoms with Crippen LogP contribution in [0.1, 0.15) is 61.6 Å². The second-order valence-corrected chi connectivity index (χ2v) is 10.7. The third-order valence-electron chi connectivity index (χ3n) is 5.89. The molecule has 6 atom stereocenters. The zero-order chi connectivity index (χ0) is 28.2. The molecule has 0 aliphatic carbocycles. The maximum Gasteiger partial charge on any atom is 0.475 e. The van der Waals surface area contributed by atoms with Crippen molar-refractivity contribution in [2.24, 2.45) is 5.73 Å². The number of rotatable bonds is 10. The van der Waals surface area contributed by atoms with Gasteiger partial charge in [-0.25, -0.2) is 14.2 Å². The van der Waals surface area contributed by atoms with Crippen molar-refractivity contribution in [3.05, 3.63) is 47.0 Å². The highest BCUT2D eigenvalue weighted by atomic mass is 35.5. The standard InChI is InChI=1S/C23H28ClN4O10P/c1-3-17(29)36-19-16(11-34-39(32)33-9-8-15(38-39)13-6-5-7-14(24)10-13)35-23(20(19)37-18(30)4-2)28-12-26-22(27-28)21(25)31/h5-7,10,12,15-16,19-20,23H,3-4,8-9,11H2,1-2H3,(H2,25,31). The summed E-state index contributed by atoms with van der Waals surface area (Å²) in [7, 11) is -4.09. The van der Waals surface area contributed by atoms with Crippen LogP contribution in [0.2, 0.25) is 5.02 Å². The third-order valence-corrected chi connectivity index (χ3v) is 7.60. The number of phosphoric ester groups is 1. The largest absolute Gasteiger partial charge is 0.475 e. The minimum Gasteiger partial charge on any atom is -0.455 e. The van der Waals surface area contributed by atoms with Gasteiger partial charge in [0, 0.05) is 24.3 Å². The number of halogens is 1. The highest BCUT2D eigenvalue weighted by Gasteiger charge is 2.52. The monoisotopic (exact) mass is 586 g/mol. The van der Waals surface area contributed by atoms with Gasteiger partial charge in [-0.05, 0) is 17.7 Å². The van der Waals surface area contributed by atoms with Crippen molar-refractivity contribution in [1.29, 1.82) is 0 Å². The number of aromatic nitrogens is 3. The maximum atomic E-state index is 13.4. The van der Waals surface area contributed by atoms with E-state index in [1.165, 1.54) is 0 Å². The molecule has 1 aromatic carbocycles. The predicted molar refractivity (Wildman–Crippen MR) is 132 cm³/mol. The number of esters is 2. The van der Waals surface area contributed by atoms with E-state index in [1.54, 1.807) is 38.1 Å². The van der Waals surface area contributed by atoms with Crippen LogP contribution in [0.3, 0.4) is 0 Å². The molecule has 6 unspecified atom stereocenters. The third kappa shape index (κ3) is 7.02.